The van der Waals surface area contributed by atoms with Crippen molar-refractivity contribution in [3.63, 3.8) is 0 Å². The Kier molecular flexibility index (Phi) is 3.13. The van der Waals surface area contributed by atoms with Gasteiger partial charge in [-0.2, -0.15) is 0 Å². The first-order valence-corrected chi connectivity index (χ1v) is 7.80. The predicted molar refractivity (Wildman–Crippen MR) is 89.8 cm³/mol. The summed E-state index contributed by atoms with van der Waals surface area (Å²) in [5, 5.41) is 11.9. The predicted octanol–water partition coefficient (Wildman–Crippen LogP) is 3.40. The molecule has 0 saturated heterocycles. The Bertz CT molecular complexity index is 947. The zero-order valence-corrected chi connectivity index (χ0v) is 13.6. The number of anilines is 1. The summed E-state index contributed by atoms with van der Waals surface area (Å²) in [4.78, 5) is 12.2. The van der Waals surface area contributed by atoms with Crippen LogP contribution >= 0.6 is 11.6 Å². The van der Waals surface area contributed by atoms with Crippen LogP contribution < -0.4 is 5.32 Å². The van der Waals surface area contributed by atoms with Gasteiger partial charge >= 0.3 is 0 Å². The topological polar surface area (TPSA) is 59.8 Å². The molecule has 0 aliphatic carbocycles. The molecule has 0 radical (unpaired) electrons. The molecule has 1 aromatic heterocycles. The Labute approximate surface area is 138 Å². The molecule has 1 atom stereocenters. The number of amides is 1. The zero-order valence-electron chi connectivity index (χ0n) is 12.8. The van der Waals surface area contributed by atoms with Gasteiger partial charge in [0.1, 0.15) is 5.52 Å². The van der Waals surface area contributed by atoms with Gasteiger partial charge in [0.25, 0.3) is 0 Å². The molecule has 6 heteroatoms. The highest BCUT2D eigenvalue weighted by Crippen LogP contribution is 2.41. The second-order valence-electron chi connectivity index (χ2n) is 5.92. The molecule has 5 nitrogen and oxygen atoms in total. The third-order valence-electron chi connectivity index (χ3n) is 4.45. The normalized spacial score (nSPS) is 17.2. The van der Waals surface area contributed by atoms with Gasteiger partial charge in [-0.25, -0.2) is 4.68 Å². The van der Waals surface area contributed by atoms with Gasteiger partial charge in [-0.05, 0) is 41.8 Å². The van der Waals surface area contributed by atoms with E-state index in [1.165, 1.54) is 0 Å². The summed E-state index contributed by atoms with van der Waals surface area (Å²) < 4.78 is 1.71. The molecule has 0 saturated carbocycles. The Hall–Kier alpha value is -2.40. The Morgan fingerprint density at radius 3 is 2.83 bits per heavy atom. The van der Waals surface area contributed by atoms with E-state index in [1.807, 2.05) is 38.2 Å². The molecule has 0 bridgehead atoms. The summed E-state index contributed by atoms with van der Waals surface area (Å²) >= 11 is 6.07. The molecule has 23 heavy (non-hydrogen) atoms. The van der Waals surface area contributed by atoms with Crippen LogP contribution in [0.4, 0.5) is 5.69 Å². The van der Waals surface area contributed by atoms with Gasteiger partial charge in [0.05, 0.1) is 11.2 Å². The van der Waals surface area contributed by atoms with Crippen LogP contribution in [0.25, 0.3) is 11.0 Å². The number of hydrogen-bond donors (Lipinski definition) is 1. The number of hydrogen-bond acceptors (Lipinski definition) is 3. The second-order valence-corrected chi connectivity index (χ2v) is 6.35. The van der Waals surface area contributed by atoms with Crippen molar-refractivity contribution >= 4 is 34.2 Å². The molecule has 116 valence electrons. The lowest BCUT2D eigenvalue weighted by Gasteiger charge is -2.27. The van der Waals surface area contributed by atoms with Crippen LogP contribution in [0.3, 0.4) is 0 Å². The summed E-state index contributed by atoms with van der Waals surface area (Å²) in [5.41, 5.74) is 5.68. The lowest BCUT2D eigenvalue weighted by Crippen LogP contribution is -2.24. The van der Waals surface area contributed by atoms with Crippen LogP contribution in [-0.4, -0.2) is 20.9 Å². The van der Waals surface area contributed by atoms with Crippen molar-refractivity contribution in [1.29, 1.82) is 0 Å². The Morgan fingerprint density at radius 2 is 2.04 bits per heavy atom. The van der Waals surface area contributed by atoms with Gasteiger partial charge in [-0.3, -0.25) is 4.79 Å². The van der Waals surface area contributed by atoms with Crippen LogP contribution in [0.15, 0.2) is 30.3 Å². The van der Waals surface area contributed by atoms with Gasteiger partial charge in [-0.1, -0.05) is 28.9 Å². The number of nitrogens with zero attached hydrogens (tertiary/aromatic N) is 3. The summed E-state index contributed by atoms with van der Waals surface area (Å²) in [5.74, 6) is -0.00238. The molecule has 0 fully saturated rings. The average Bonchev–Trinajstić information content (AvgIpc) is 2.88. The van der Waals surface area contributed by atoms with Crippen LogP contribution in [0, 0.1) is 6.92 Å². The fourth-order valence-corrected chi connectivity index (χ4v) is 3.56. The highest BCUT2D eigenvalue weighted by atomic mass is 35.5. The number of nitrogens with one attached hydrogen (secondary N) is 1. The third-order valence-corrected chi connectivity index (χ3v) is 4.69. The first kappa shape index (κ1) is 14.2. The number of fused-ring (bicyclic) bond motifs is 3. The zero-order chi connectivity index (χ0) is 16.1. The van der Waals surface area contributed by atoms with Crippen LogP contribution in [0.5, 0.6) is 0 Å². The maximum absolute atomic E-state index is 12.2. The molecular weight excluding hydrogens is 312 g/mol. The van der Waals surface area contributed by atoms with Crippen molar-refractivity contribution in [1.82, 2.24) is 15.0 Å². The molecule has 1 unspecified atom stereocenters. The van der Waals surface area contributed by atoms with E-state index in [0.29, 0.717) is 11.4 Å². The minimum atomic E-state index is -0.00463. The van der Waals surface area contributed by atoms with Gasteiger partial charge in [0.2, 0.25) is 5.91 Å². The maximum atomic E-state index is 12.2. The van der Waals surface area contributed by atoms with E-state index in [9.17, 15) is 4.79 Å². The molecule has 0 spiro atoms. The summed E-state index contributed by atoms with van der Waals surface area (Å²) in [7, 11) is 1.84. The smallest absolute Gasteiger partial charge is 0.225 e. The van der Waals surface area contributed by atoms with Crippen molar-refractivity contribution < 1.29 is 4.79 Å². The molecule has 2 aromatic carbocycles. The van der Waals surface area contributed by atoms with E-state index in [1.54, 1.807) is 4.68 Å². The monoisotopic (exact) mass is 326 g/mol. The molecule has 4 rings (SSSR count). The van der Waals surface area contributed by atoms with E-state index in [-0.39, 0.29) is 11.8 Å². The van der Waals surface area contributed by atoms with Crippen molar-refractivity contribution in [2.75, 3.05) is 5.32 Å². The molecule has 1 aliphatic heterocycles. The molecule has 1 amide bonds. The van der Waals surface area contributed by atoms with Crippen LogP contribution in [0.1, 0.15) is 29.0 Å². The first-order valence-electron chi connectivity index (χ1n) is 7.43. The van der Waals surface area contributed by atoms with E-state index >= 15 is 0 Å². The number of aromatic nitrogens is 3. The summed E-state index contributed by atoms with van der Waals surface area (Å²) in [6.07, 6.45) is 0.418. The number of halogens is 1. The summed E-state index contributed by atoms with van der Waals surface area (Å²) in [6, 6.07) is 9.87. The highest BCUT2D eigenvalue weighted by Gasteiger charge is 2.29. The minimum Gasteiger partial charge on any atom is -0.324 e. The number of benzene rings is 2. The fraction of sp³-hybridized carbons (Fsp3) is 0.235. The lowest BCUT2D eigenvalue weighted by molar-refractivity contribution is -0.116. The standard InChI is InChI=1S/C17H15ClN4O/c1-9-7-10(18)3-4-11(9)13-8-15(23)19-16-12(13)5-6-14-17(16)20-21-22(14)2/h3-7,13H,8H2,1-2H3,(H,19,23). The van der Waals surface area contributed by atoms with Crippen molar-refractivity contribution in [2.24, 2.45) is 7.05 Å². The van der Waals surface area contributed by atoms with Gasteiger partial charge in [0, 0.05) is 24.4 Å². The fourth-order valence-electron chi connectivity index (χ4n) is 3.33. The number of carbonyl (C=O) groups is 1. The maximum Gasteiger partial charge on any atom is 0.225 e. The largest absolute Gasteiger partial charge is 0.324 e. The van der Waals surface area contributed by atoms with Crippen molar-refractivity contribution in [3.8, 4) is 0 Å². The van der Waals surface area contributed by atoms with Gasteiger partial charge < -0.3 is 5.32 Å². The van der Waals surface area contributed by atoms with E-state index in [4.69, 9.17) is 11.6 Å². The average molecular weight is 327 g/mol. The quantitative estimate of drug-likeness (QED) is 0.745. The van der Waals surface area contributed by atoms with Crippen LogP contribution in [0.2, 0.25) is 5.02 Å². The van der Waals surface area contributed by atoms with Crippen molar-refractivity contribution in [2.45, 2.75) is 19.3 Å². The number of rotatable bonds is 1. The molecule has 2 heterocycles. The third kappa shape index (κ3) is 2.19. The van der Waals surface area contributed by atoms with E-state index in [0.717, 1.165) is 33.4 Å². The first-order chi connectivity index (χ1) is 11.0. The second kappa shape index (κ2) is 5.06. The van der Waals surface area contributed by atoms with Crippen molar-refractivity contribution in [3.05, 3.63) is 52.0 Å². The molecule has 3 aromatic rings. The van der Waals surface area contributed by atoms with Crippen LogP contribution in [-0.2, 0) is 11.8 Å². The SMILES string of the molecule is Cc1cc(Cl)ccc1C1CC(=O)Nc2c1ccc1c2nnn1C. The Balaban J connectivity index is 1.94. The van der Waals surface area contributed by atoms with Gasteiger partial charge in [-0.15, -0.1) is 5.10 Å². The molecular formula is C17H15ClN4O. The Morgan fingerprint density at radius 1 is 1.26 bits per heavy atom. The number of aryl methyl sites for hydroxylation is 2. The highest BCUT2D eigenvalue weighted by molar-refractivity contribution is 6.30. The van der Waals surface area contributed by atoms with Gasteiger partial charge in [0.15, 0.2) is 0 Å². The molecule has 1 aliphatic rings. The van der Waals surface area contributed by atoms with E-state index < -0.39 is 0 Å². The lowest BCUT2D eigenvalue weighted by atomic mass is 9.82. The molecule has 1 N–H and O–H groups in total. The van der Waals surface area contributed by atoms with E-state index in [2.05, 4.69) is 21.7 Å². The number of carbonyl (C=O) groups excluding carboxylic acids is 1. The summed E-state index contributed by atoms with van der Waals surface area (Å²) in [6.45, 7) is 2.02. The minimum absolute atomic E-state index is 0.00224.